The Morgan fingerprint density at radius 3 is 2.31 bits per heavy atom. The van der Waals surface area contributed by atoms with Crippen LogP contribution in [0.2, 0.25) is 0 Å². The smallest absolute Gasteiger partial charge is 0.257 e. The number of benzene rings is 2. The molecule has 154 valence electrons. The minimum atomic E-state index is -0.312. The molecule has 0 saturated heterocycles. The van der Waals surface area contributed by atoms with Crippen molar-refractivity contribution in [1.82, 2.24) is 5.32 Å². The Kier molecular flexibility index (Phi) is 9.11. The Hall–Kier alpha value is -2.93. The van der Waals surface area contributed by atoms with Crippen LogP contribution in [0.1, 0.15) is 49.9 Å². The molecule has 0 spiro atoms. The van der Waals surface area contributed by atoms with Crippen LogP contribution in [-0.4, -0.2) is 23.5 Å². The van der Waals surface area contributed by atoms with E-state index in [2.05, 4.69) is 16.0 Å². The van der Waals surface area contributed by atoms with Gasteiger partial charge < -0.3 is 15.4 Å². The lowest BCUT2D eigenvalue weighted by atomic mass is 10.2. The summed E-state index contributed by atoms with van der Waals surface area (Å²) in [6.07, 6.45) is 3.24. The van der Waals surface area contributed by atoms with Crippen molar-refractivity contribution in [2.45, 2.75) is 39.5 Å². The first-order valence-electron chi connectivity index (χ1n) is 9.77. The lowest BCUT2D eigenvalue weighted by molar-refractivity contribution is -0.116. The minimum Gasteiger partial charge on any atom is -0.494 e. The van der Waals surface area contributed by atoms with Crippen molar-refractivity contribution in [1.29, 1.82) is 0 Å². The first-order valence-corrected chi connectivity index (χ1v) is 10.2. The molecular weight excluding hydrogens is 386 g/mol. The summed E-state index contributed by atoms with van der Waals surface area (Å²) in [6.45, 7) is 4.71. The molecule has 0 unspecified atom stereocenters. The van der Waals surface area contributed by atoms with Crippen LogP contribution in [-0.2, 0) is 4.79 Å². The van der Waals surface area contributed by atoms with Crippen molar-refractivity contribution in [2.24, 2.45) is 0 Å². The molecule has 2 amide bonds. The molecule has 2 aromatic carbocycles. The van der Waals surface area contributed by atoms with Crippen LogP contribution in [0.5, 0.6) is 5.75 Å². The normalized spacial score (nSPS) is 10.1. The third-order valence-corrected chi connectivity index (χ3v) is 4.18. The lowest BCUT2D eigenvalue weighted by Gasteiger charge is -2.12. The van der Waals surface area contributed by atoms with E-state index in [0.717, 1.165) is 25.0 Å². The van der Waals surface area contributed by atoms with Gasteiger partial charge >= 0.3 is 0 Å². The average molecular weight is 414 g/mol. The largest absolute Gasteiger partial charge is 0.494 e. The van der Waals surface area contributed by atoms with Crippen LogP contribution in [0.15, 0.2) is 48.5 Å². The van der Waals surface area contributed by atoms with Crippen molar-refractivity contribution in [2.75, 3.05) is 17.2 Å². The van der Waals surface area contributed by atoms with Crippen LogP contribution < -0.4 is 20.7 Å². The van der Waals surface area contributed by atoms with E-state index in [0.29, 0.717) is 30.0 Å². The second-order valence-corrected chi connectivity index (χ2v) is 6.92. The zero-order valence-corrected chi connectivity index (χ0v) is 17.6. The van der Waals surface area contributed by atoms with Crippen molar-refractivity contribution >= 4 is 40.5 Å². The van der Waals surface area contributed by atoms with Gasteiger partial charge in [-0.05, 0) is 67.5 Å². The van der Waals surface area contributed by atoms with Gasteiger partial charge in [0.15, 0.2) is 5.11 Å². The maximum atomic E-state index is 12.3. The Bertz CT molecular complexity index is 837. The molecule has 0 saturated carbocycles. The summed E-state index contributed by atoms with van der Waals surface area (Å²) in [7, 11) is 0. The SMILES string of the molecule is CCCCC(=O)Nc1cccc(NC(=S)NC(=O)c2ccc(OCCC)cc2)c1. The van der Waals surface area contributed by atoms with Gasteiger partial charge in [-0.25, -0.2) is 0 Å². The van der Waals surface area contributed by atoms with Gasteiger partial charge in [-0.15, -0.1) is 0 Å². The molecule has 3 N–H and O–H groups in total. The Morgan fingerprint density at radius 1 is 0.966 bits per heavy atom. The summed E-state index contributed by atoms with van der Waals surface area (Å²) in [5.74, 6) is 0.390. The van der Waals surface area contributed by atoms with Crippen LogP contribution in [0, 0.1) is 0 Å². The zero-order valence-electron chi connectivity index (χ0n) is 16.8. The molecule has 2 rings (SSSR count). The number of thiocarbonyl (C=S) groups is 1. The standard InChI is InChI=1S/C22H27N3O3S/c1-3-5-9-20(26)23-17-7-6-8-18(15-17)24-22(29)25-21(27)16-10-12-19(13-11-16)28-14-4-2/h6-8,10-13,15H,3-5,9,14H2,1-2H3,(H,23,26)(H2,24,25,27,29). The number of amides is 2. The molecule has 29 heavy (non-hydrogen) atoms. The van der Waals surface area contributed by atoms with Crippen molar-refractivity contribution in [3.8, 4) is 5.75 Å². The molecule has 0 radical (unpaired) electrons. The molecule has 0 aliphatic rings. The fourth-order valence-electron chi connectivity index (χ4n) is 2.50. The number of carbonyl (C=O) groups excluding carboxylic acids is 2. The molecule has 0 aromatic heterocycles. The summed E-state index contributed by atoms with van der Waals surface area (Å²) >= 11 is 5.23. The van der Waals surface area contributed by atoms with Crippen LogP contribution in [0.3, 0.4) is 0 Å². The van der Waals surface area contributed by atoms with Gasteiger partial charge in [0.25, 0.3) is 5.91 Å². The highest BCUT2D eigenvalue weighted by atomic mass is 32.1. The van der Waals surface area contributed by atoms with Gasteiger partial charge in [0.2, 0.25) is 5.91 Å². The lowest BCUT2D eigenvalue weighted by Crippen LogP contribution is -2.34. The maximum absolute atomic E-state index is 12.3. The second-order valence-electron chi connectivity index (χ2n) is 6.51. The third-order valence-electron chi connectivity index (χ3n) is 3.98. The summed E-state index contributed by atoms with van der Waals surface area (Å²) in [6, 6.07) is 14.1. The topological polar surface area (TPSA) is 79.5 Å². The van der Waals surface area contributed by atoms with E-state index in [1.54, 1.807) is 48.5 Å². The number of anilines is 2. The summed E-state index contributed by atoms with van der Waals surface area (Å²) in [4.78, 5) is 24.2. The minimum absolute atomic E-state index is 0.0220. The molecule has 2 aromatic rings. The number of carbonyl (C=O) groups is 2. The quantitative estimate of drug-likeness (QED) is 0.518. The van der Waals surface area contributed by atoms with Gasteiger partial charge in [-0.3, -0.25) is 14.9 Å². The molecule has 0 bridgehead atoms. The summed E-state index contributed by atoms with van der Waals surface area (Å²) in [5.41, 5.74) is 1.83. The predicted molar refractivity (Wildman–Crippen MR) is 121 cm³/mol. The first kappa shape index (κ1) is 22.4. The van der Waals surface area contributed by atoms with E-state index < -0.39 is 0 Å². The van der Waals surface area contributed by atoms with Gasteiger partial charge in [0, 0.05) is 23.4 Å². The number of ether oxygens (including phenoxy) is 1. The van der Waals surface area contributed by atoms with Gasteiger partial charge in [0.05, 0.1) is 6.61 Å². The molecular formula is C22H27N3O3S. The molecule has 6 nitrogen and oxygen atoms in total. The van der Waals surface area contributed by atoms with Crippen molar-refractivity contribution < 1.29 is 14.3 Å². The molecule has 0 fully saturated rings. The van der Waals surface area contributed by atoms with E-state index in [-0.39, 0.29) is 16.9 Å². The van der Waals surface area contributed by atoms with Crippen LogP contribution in [0.4, 0.5) is 11.4 Å². The summed E-state index contributed by atoms with van der Waals surface area (Å²) < 4.78 is 5.51. The van der Waals surface area contributed by atoms with Crippen molar-refractivity contribution in [3.05, 3.63) is 54.1 Å². The Balaban J connectivity index is 1.89. The molecule has 0 aliphatic carbocycles. The van der Waals surface area contributed by atoms with E-state index in [9.17, 15) is 9.59 Å². The highest BCUT2D eigenvalue weighted by Gasteiger charge is 2.09. The molecule has 0 heterocycles. The molecule has 0 atom stereocenters. The number of unbranched alkanes of at least 4 members (excludes halogenated alkanes) is 1. The predicted octanol–water partition coefficient (Wildman–Crippen LogP) is 4.73. The van der Waals surface area contributed by atoms with E-state index in [4.69, 9.17) is 17.0 Å². The Morgan fingerprint density at radius 2 is 1.66 bits per heavy atom. The van der Waals surface area contributed by atoms with E-state index >= 15 is 0 Å². The van der Waals surface area contributed by atoms with Crippen LogP contribution in [0.25, 0.3) is 0 Å². The number of nitrogens with one attached hydrogen (secondary N) is 3. The van der Waals surface area contributed by atoms with E-state index in [1.165, 1.54) is 0 Å². The second kappa shape index (κ2) is 11.8. The highest BCUT2D eigenvalue weighted by molar-refractivity contribution is 7.80. The number of hydrogen-bond donors (Lipinski definition) is 3. The van der Waals surface area contributed by atoms with E-state index in [1.807, 2.05) is 13.8 Å². The molecule has 7 heteroatoms. The highest BCUT2D eigenvalue weighted by Crippen LogP contribution is 2.16. The van der Waals surface area contributed by atoms with Gasteiger partial charge in [-0.2, -0.15) is 0 Å². The number of hydrogen-bond acceptors (Lipinski definition) is 4. The zero-order chi connectivity index (χ0) is 21.1. The maximum Gasteiger partial charge on any atom is 0.257 e. The third kappa shape index (κ3) is 7.91. The average Bonchev–Trinajstić information content (AvgIpc) is 2.71. The fourth-order valence-corrected chi connectivity index (χ4v) is 2.71. The summed E-state index contributed by atoms with van der Waals surface area (Å²) in [5, 5.41) is 8.64. The first-order chi connectivity index (χ1) is 14.0. The number of rotatable bonds is 9. The Labute approximate surface area is 177 Å². The van der Waals surface area contributed by atoms with Gasteiger partial charge in [0.1, 0.15) is 5.75 Å². The fraction of sp³-hybridized carbons (Fsp3) is 0.318. The van der Waals surface area contributed by atoms with Gasteiger partial charge in [-0.1, -0.05) is 26.3 Å². The monoisotopic (exact) mass is 413 g/mol. The van der Waals surface area contributed by atoms with Crippen molar-refractivity contribution in [3.63, 3.8) is 0 Å². The molecule has 0 aliphatic heterocycles. The van der Waals surface area contributed by atoms with Crippen LogP contribution >= 0.6 is 12.2 Å².